The van der Waals surface area contributed by atoms with Crippen molar-refractivity contribution in [3.63, 3.8) is 0 Å². The molecule has 1 aromatic heterocycles. The lowest BCUT2D eigenvalue weighted by atomic mass is 10.1. The summed E-state index contributed by atoms with van der Waals surface area (Å²) in [6.45, 7) is 2.97. The molecule has 0 aromatic carbocycles. The van der Waals surface area contributed by atoms with Gasteiger partial charge in [-0.25, -0.2) is 0 Å². The fourth-order valence-corrected chi connectivity index (χ4v) is 3.43. The highest BCUT2D eigenvalue weighted by Crippen LogP contribution is 2.26. The van der Waals surface area contributed by atoms with Gasteiger partial charge in [0.25, 0.3) is 0 Å². The van der Waals surface area contributed by atoms with Gasteiger partial charge in [0.2, 0.25) is 0 Å². The van der Waals surface area contributed by atoms with E-state index in [9.17, 15) is 0 Å². The van der Waals surface area contributed by atoms with Gasteiger partial charge >= 0.3 is 0 Å². The molecule has 2 heterocycles. The molecule has 0 N–H and O–H groups in total. The van der Waals surface area contributed by atoms with Crippen LogP contribution in [0.1, 0.15) is 50.7 Å². The lowest BCUT2D eigenvalue weighted by molar-refractivity contribution is -0.0165. The minimum atomic E-state index is 0.435. The SMILES string of the molecule is c1coc(CN(C[C@@H]2CCCCO2)C2CCCC2)c1. The van der Waals surface area contributed by atoms with Crippen LogP contribution in [0, 0.1) is 0 Å². The Labute approximate surface area is 115 Å². The number of nitrogens with zero attached hydrogens (tertiary/aromatic N) is 1. The highest BCUT2D eigenvalue weighted by molar-refractivity contribution is 4.99. The third-order valence-electron chi connectivity index (χ3n) is 4.49. The van der Waals surface area contributed by atoms with E-state index < -0.39 is 0 Å². The van der Waals surface area contributed by atoms with Crippen molar-refractivity contribution in [1.29, 1.82) is 0 Å². The van der Waals surface area contributed by atoms with Gasteiger partial charge in [0.15, 0.2) is 0 Å². The molecule has 106 valence electrons. The van der Waals surface area contributed by atoms with Crippen LogP contribution in [0.3, 0.4) is 0 Å². The fraction of sp³-hybridized carbons (Fsp3) is 0.750. The molecule has 19 heavy (non-hydrogen) atoms. The molecule has 3 heteroatoms. The van der Waals surface area contributed by atoms with Gasteiger partial charge in [-0.3, -0.25) is 4.90 Å². The molecule has 1 saturated carbocycles. The van der Waals surface area contributed by atoms with Gasteiger partial charge in [-0.2, -0.15) is 0 Å². The molecule has 0 spiro atoms. The Hall–Kier alpha value is -0.800. The van der Waals surface area contributed by atoms with Crippen LogP contribution in [0.2, 0.25) is 0 Å². The van der Waals surface area contributed by atoms with E-state index in [1.807, 2.05) is 6.07 Å². The van der Waals surface area contributed by atoms with Crippen molar-refractivity contribution in [2.75, 3.05) is 13.2 Å². The van der Waals surface area contributed by atoms with Crippen molar-refractivity contribution in [2.45, 2.75) is 63.6 Å². The van der Waals surface area contributed by atoms with Crippen LogP contribution in [0.25, 0.3) is 0 Å². The average molecular weight is 263 g/mol. The van der Waals surface area contributed by atoms with E-state index >= 15 is 0 Å². The Morgan fingerprint density at radius 1 is 1.11 bits per heavy atom. The maximum Gasteiger partial charge on any atom is 0.117 e. The maximum absolute atomic E-state index is 5.91. The zero-order valence-electron chi connectivity index (χ0n) is 11.7. The Balaban J connectivity index is 1.61. The van der Waals surface area contributed by atoms with Gasteiger partial charge in [-0.05, 0) is 44.2 Å². The molecule has 1 aliphatic carbocycles. The summed E-state index contributed by atoms with van der Waals surface area (Å²) >= 11 is 0. The first-order chi connectivity index (χ1) is 9.42. The van der Waals surface area contributed by atoms with E-state index in [4.69, 9.17) is 9.15 Å². The zero-order chi connectivity index (χ0) is 12.9. The van der Waals surface area contributed by atoms with Gasteiger partial charge in [0.1, 0.15) is 5.76 Å². The molecular formula is C16H25NO2. The molecule has 2 aliphatic rings. The van der Waals surface area contributed by atoms with Gasteiger partial charge in [0, 0.05) is 19.2 Å². The number of hydrogen-bond donors (Lipinski definition) is 0. The van der Waals surface area contributed by atoms with E-state index in [2.05, 4.69) is 11.0 Å². The van der Waals surface area contributed by atoms with Gasteiger partial charge in [-0.1, -0.05) is 12.8 Å². The van der Waals surface area contributed by atoms with Crippen LogP contribution in [0.15, 0.2) is 22.8 Å². The molecule has 1 aromatic rings. The first-order valence-corrected chi connectivity index (χ1v) is 7.80. The largest absolute Gasteiger partial charge is 0.468 e. The third kappa shape index (κ3) is 3.61. The van der Waals surface area contributed by atoms with Crippen LogP contribution >= 0.6 is 0 Å². The molecule has 3 rings (SSSR count). The molecule has 0 unspecified atom stereocenters. The van der Waals surface area contributed by atoms with Crippen LogP contribution in [0.5, 0.6) is 0 Å². The molecule has 1 saturated heterocycles. The smallest absolute Gasteiger partial charge is 0.117 e. The summed E-state index contributed by atoms with van der Waals surface area (Å²) in [5.41, 5.74) is 0. The summed E-state index contributed by atoms with van der Waals surface area (Å²) < 4.78 is 11.4. The highest BCUT2D eigenvalue weighted by atomic mass is 16.5. The first kappa shape index (κ1) is 13.2. The molecular weight excluding hydrogens is 238 g/mol. The minimum absolute atomic E-state index is 0.435. The van der Waals surface area contributed by atoms with Gasteiger partial charge in [-0.15, -0.1) is 0 Å². The van der Waals surface area contributed by atoms with E-state index in [1.165, 1.54) is 44.9 Å². The number of ether oxygens (including phenoxy) is 1. The lowest BCUT2D eigenvalue weighted by Gasteiger charge is -2.33. The summed E-state index contributed by atoms with van der Waals surface area (Å²) in [5.74, 6) is 1.09. The number of hydrogen-bond acceptors (Lipinski definition) is 3. The van der Waals surface area contributed by atoms with E-state index in [0.29, 0.717) is 6.10 Å². The Morgan fingerprint density at radius 3 is 2.63 bits per heavy atom. The second kappa shape index (κ2) is 6.58. The topological polar surface area (TPSA) is 25.6 Å². The third-order valence-corrected chi connectivity index (χ3v) is 4.49. The molecule has 0 radical (unpaired) electrons. The number of rotatable bonds is 5. The predicted molar refractivity (Wildman–Crippen MR) is 75.0 cm³/mol. The summed E-state index contributed by atoms with van der Waals surface area (Å²) in [5, 5.41) is 0. The van der Waals surface area contributed by atoms with Crippen LogP contribution in [-0.2, 0) is 11.3 Å². The summed E-state index contributed by atoms with van der Waals surface area (Å²) in [6.07, 6.45) is 11.4. The quantitative estimate of drug-likeness (QED) is 0.812. The summed E-state index contributed by atoms with van der Waals surface area (Å²) in [7, 11) is 0. The van der Waals surface area contributed by atoms with Crippen molar-refractivity contribution in [3.05, 3.63) is 24.2 Å². The van der Waals surface area contributed by atoms with E-state index in [-0.39, 0.29) is 0 Å². The Bertz CT molecular complexity index is 351. The predicted octanol–water partition coefficient (Wildman–Crippen LogP) is 3.59. The van der Waals surface area contributed by atoms with Gasteiger partial charge in [0.05, 0.1) is 18.9 Å². The second-order valence-electron chi connectivity index (χ2n) is 5.94. The van der Waals surface area contributed by atoms with E-state index in [0.717, 1.165) is 31.5 Å². The Kier molecular flexibility index (Phi) is 4.57. The van der Waals surface area contributed by atoms with Crippen molar-refractivity contribution in [1.82, 2.24) is 4.90 Å². The van der Waals surface area contributed by atoms with Crippen LogP contribution in [-0.4, -0.2) is 30.2 Å². The Morgan fingerprint density at radius 2 is 1.95 bits per heavy atom. The van der Waals surface area contributed by atoms with E-state index in [1.54, 1.807) is 6.26 Å². The maximum atomic E-state index is 5.91. The van der Waals surface area contributed by atoms with Crippen LogP contribution in [0.4, 0.5) is 0 Å². The number of furan rings is 1. The highest BCUT2D eigenvalue weighted by Gasteiger charge is 2.26. The normalized spacial score (nSPS) is 25.2. The van der Waals surface area contributed by atoms with Crippen molar-refractivity contribution >= 4 is 0 Å². The summed E-state index contributed by atoms with van der Waals surface area (Å²) in [4.78, 5) is 2.60. The van der Waals surface area contributed by atoms with Crippen molar-refractivity contribution in [3.8, 4) is 0 Å². The van der Waals surface area contributed by atoms with Crippen molar-refractivity contribution in [2.24, 2.45) is 0 Å². The monoisotopic (exact) mass is 263 g/mol. The fourth-order valence-electron chi connectivity index (χ4n) is 3.43. The second-order valence-corrected chi connectivity index (χ2v) is 5.94. The minimum Gasteiger partial charge on any atom is -0.468 e. The first-order valence-electron chi connectivity index (χ1n) is 7.80. The summed E-state index contributed by atoms with van der Waals surface area (Å²) in [6, 6.07) is 4.80. The van der Waals surface area contributed by atoms with Gasteiger partial charge < -0.3 is 9.15 Å². The molecule has 0 bridgehead atoms. The molecule has 1 aliphatic heterocycles. The average Bonchev–Trinajstić information content (AvgIpc) is 3.12. The molecule has 0 amide bonds. The molecule has 1 atom stereocenters. The molecule has 3 nitrogen and oxygen atoms in total. The zero-order valence-corrected chi connectivity index (χ0v) is 11.7. The lowest BCUT2D eigenvalue weighted by Crippen LogP contribution is -2.40. The molecule has 2 fully saturated rings. The standard InChI is InChI=1S/C16H25NO2/c1-2-7-14(6-1)17(13-16-9-5-11-19-16)12-15-8-3-4-10-18-15/h5,9,11,14-15H,1-4,6-8,10,12-13H2/t15-/m0/s1. The van der Waals surface area contributed by atoms with Crippen molar-refractivity contribution < 1.29 is 9.15 Å². The van der Waals surface area contributed by atoms with Crippen LogP contribution < -0.4 is 0 Å².